The van der Waals surface area contributed by atoms with Crippen molar-refractivity contribution in [2.45, 2.75) is 32.7 Å². The van der Waals surface area contributed by atoms with Crippen LogP contribution in [0.1, 0.15) is 18.1 Å². The van der Waals surface area contributed by atoms with Crippen LogP contribution in [0.4, 0.5) is 18.9 Å². The van der Waals surface area contributed by atoms with E-state index in [-0.39, 0.29) is 0 Å². The second-order valence-electron chi connectivity index (χ2n) is 5.82. The van der Waals surface area contributed by atoms with Crippen molar-refractivity contribution >= 4 is 17.6 Å². The lowest BCUT2D eigenvalue weighted by molar-refractivity contribution is -0.154. The highest BCUT2D eigenvalue weighted by atomic mass is 19.4. The first-order valence-electron chi connectivity index (χ1n) is 7.91. The lowest BCUT2D eigenvalue weighted by Gasteiger charge is -2.15. The van der Waals surface area contributed by atoms with Crippen LogP contribution in [0.5, 0.6) is 0 Å². The van der Waals surface area contributed by atoms with E-state index in [4.69, 9.17) is 4.74 Å². The Balaban J connectivity index is 2.02. The van der Waals surface area contributed by atoms with Gasteiger partial charge in [-0.25, -0.2) is 0 Å². The van der Waals surface area contributed by atoms with Crippen molar-refractivity contribution in [1.82, 2.24) is 4.57 Å². The molecule has 0 saturated heterocycles. The predicted octanol–water partition coefficient (Wildman–Crippen LogP) is 2.75. The molecule has 1 amide bonds. The third kappa shape index (κ3) is 5.44. The van der Waals surface area contributed by atoms with Crippen molar-refractivity contribution < 1.29 is 27.5 Å². The van der Waals surface area contributed by atoms with Gasteiger partial charge in [0.25, 0.3) is 11.5 Å². The number of anilines is 1. The molecule has 2 aromatic rings. The van der Waals surface area contributed by atoms with Crippen LogP contribution in [0, 0.1) is 6.92 Å². The maximum Gasteiger partial charge on any atom is 0.417 e. The van der Waals surface area contributed by atoms with Gasteiger partial charge < -0.3 is 14.6 Å². The van der Waals surface area contributed by atoms with Gasteiger partial charge in [-0.2, -0.15) is 13.2 Å². The van der Waals surface area contributed by atoms with E-state index >= 15 is 0 Å². The normalized spacial score (nSPS) is 12.3. The van der Waals surface area contributed by atoms with E-state index < -0.39 is 41.8 Å². The number of para-hydroxylation sites is 1. The molecule has 0 aliphatic rings. The highest BCUT2D eigenvalue weighted by Gasteiger charge is 2.31. The smallest absolute Gasteiger partial charge is 0.417 e. The number of halogens is 3. The molecule has 1 atom stereocenters. The Morgan fingerprint density at radius 3 is 2.48 bits per heavy atom. The molecule has 0 fully saturated rings. The molecular formula is C18H17F3N2O4. The number of ether oxygens (including phenoxy) is 1. The van der Waals surface area contributed by atoms with E-state index in [9.17, 15) is 27.6 Å². The van der Waals surface area contributed by atoms with Crippen molar-refractivity contribution in [1.29, 1.82) is 0 Å². The number of rotatable bonds is 5. The summed E-state index contributed by atoms with van der Waals surface area (Å²) in [5, 5.41) is 2.59. The SMILES string of the molecule is Cc1ccccc1NC(=O)C(C)OC(=O)Cn1cc(C(F)(F)F)ccc1=O. The minimum absolute atomic E-state index is 0.529. The number of pyridine rings is 1. The number of amides is 1. The van der Waals surface area contributed by atoms with Crippen molar-refractivity contribution in [2.24, 2.45) is 0 Å². The number of carbonyl (C=O) groups excluding carboxylic acids is 2. The van der Waals surface area contributed by atoms with Gasteiger partial charge in [0, 0.05) is 18.0 Å². The average molecular weight is 382 g/mol. The summed E-state index contributed by atoms with van der Waals surface area (Å²) in [5.74, 6) is -1.61. The van der Waals surface area contributed by atoms with Crippen molar-refractivity contribution in [3.63, 3.8) is 0 Å². The number of carbonyl (C=O) groups is 2. The Kier molecular flexibility index (Phi) is 6.04. The van der Waals surface area contributed by atoms with E-state index in [2.05, 4.69) is 5.32 Å². The maximum absolute atomic E-state index is 12.7. The number of aromatic nitrogens is 1. The third-order valence-electron chi connectivity index (χ3n) is 3.69. The van der Waals surface area contributed by atoms with E-state index in [1.165, 1.54) is 6.92 Å². The minimum Gasteiger partial charge on any atom is -0.451 e. The fourth-order valence-corrected chi connectivity index (χ4v) is 2.20. The molecular weight excluding hydrogens is 365 g/mol. The minimum atomic E-state index is -4.65. The number of nitrogens with one attached hydrogen (secondary N) is 1. The van der Waals surface area contributed by atoms with Gasteiger partial charge in [0.05, 0.1) is 5.56 Å². The molecule has 9 heteroatoms. The van der Waals surface area contributed by atoms with Crippen LogP contribution < -0.4 is 10.9 Å². The van der Waals surface area contributed by atoms with Crippen molar-refractivity contribution in [2.75, 3.05) is 5.32 Å². The van der Waals surface area contributed by atoms with Crippen LogP contribution in [-0.2, 0) is 27.0 Å². The lowest BCUT2D eigenvalue weighted by atomic mass is 10.2. The number of hydrogen-bond acceptors (Lipinski definition) is 4. The molecule has 144 valence electrons. The summed E-state index contributed by atoms with van der Waals surface area (Å²) >= 11 is 0. The Morgan fingerprint density at radius 1 is 1.19 bits per heavy atom. The molecule has 0 aliphatic heterocycles. The summed E-state index contributed by atoms with van der Waals surface area (Å²) in [5.41, 5.74) is -0.517. The number of nitrogens with zero attached hydrogens (tertiary/aromatic N) is 1. The molecule has 27 heavy (non-hydrogen) atoms. The fourth-order valence-electron chi connectivity index (χ4n) is 2.20. The zero-order valence-corrected chi connectivity index (χ0v) is 14.5. The van der Waals surface area contributed by atoms with Crippen LogP contribution in [0.2, 0.25) is 0 Å². The third-order valence-corrected chi connectivity index (χ3v) is 3.69. The standard InChI is InChI=1S/C18H17F3N2O4/c1-11-5-3-4-6-14(11)22-17(26)12(2)27-16(25)10-23-9-13(18(19,20)21)7-8-15(23)24/h3-9,12H,10H2,1-2H3,(H,22,26). The summed E-state index contributed by atoms with van der Waals surface area (Å²) in [4.78, 5) is 35.7. The summed E-state index contributed by atoms with van der Waals surface area (Å²) < 4.78 is 43.6. The van der Waals surface area contributed by atoms with E-state index in [1.54, 1.807) is 31.2 Å². The molecule has 0 saturated carbocycles. The van der Waals surface area contributed by atoms with Crippen LogP contribution in [0.15, 0.2) is 47.4 Å². The van der Waals surface area contributed by atoms with Gasteiger partial charge in [0.1, 0.15) is 6.54 Å². The number of esters is 1. The fraction of sp³-hybridized carbons (Fsp3) is 0.278. The Labute approximate surface area is 152 Å². The molecule has 0 spiro atoms. The molecule has 6 nitrogen and oxygen atoms in total. The van der Waals surface area contributed by atoms with E-state index in [0.717, 1.165) is 5.56 Å². The molecule has 1 N–H and O–H groups in total. The van der Waals surface area contributed by atoms with Crippen LogP contribution >= 0.6 is 0 Å². The predicted molar refractivity (Wildman–Crippen MR) is 91.1 cm³/mol. The summed E-state index contributed by atoms with van der Waals surface area (Å²) in [6.45, 7) is 2.36. The molecule has 1 aromatic heterocycles. The first kappa shape index (κ1) is 20.2. The monoisotopic (exact) mass is 382 g/mol. The number of hydrogen-bond donors (Lipinski definition) is 1. The molecule has 0 bridgehead atoms. The van der Waals surface area contributed by atoms with Crippen molar-refractivity contribution in [3.05, 3.63) is 64.1 Å². The quantitative estimate of drug-likeness (QED) is 0.807. The summed E-state index contributed by atoms with van der Waals surface area (Å²) in [6.07, 6.45) is -5.32. The Bertz CT molecular complexity index is 906. The highest BCUT2D eigenvalue weighted by Crippen LogP contribution is 2.28. The largest absolute Gasteiger partial charge is 0.451 e. The summed E-state index contributed by atoms with van der Waals surface area (Å²) in [6, 6.07) is 8.31. The Hall–Kier alpha value is -3.10. The maximum atomic E-state index is 12.7. The van der Waals surface area contributed by atoms with Gasteiger partial charge in [0.2, 0.25) is 0 Å². The van der Waals surface area contributed by atoms with Crippen LogP contribution in [0.25, 0.3) is 0 Å². The highest BCUT2D eigenvalue weighted by molar-refractivity contribution is 5.95. The molecule has 1 heterocycles. The molecule has 1 aromatic carbocycles. The lowest BCUT2D eigenvalue weighted by Crippen LogP contribution is -2.33. The van der Waals surface area contributed by atoms with Gasteiger partial charge in [-0.3, -0.25) is 14.4 Å². The van der Waals surface area contributed by atoms with Gasteiger partial charge in [0.15, 0.2) is 6.10 Å². The number of alkyl halides is 3. The summed E-state index contributed by atoms with van der Waals surface area (Å²) in [7, 11) is 0. The van der Waals surface area contributed by atoms with Gasteiger partial charge in [-0.1, -0.05) is 18.2 Å². The second-order valence-corrected chi connectivity index (χ2v) is 5.82. The van der Waals surface area contributed by atoms with Gasteiger partial charge >= 0.3 is 12.1 Å². The number of aryl methyl sites for hydroxylation is 1. The molecule has 0 radical (unpaired) electrons. The first-order chi connectivity index (χ1) is 12.6. The molecule has 0 aliphatic carbocycles. The van der Waals surface area contributed by atoms with E-state index in [0.29, 0.717) is 28.6 Å². The first-order valence-corrected chi connectivity index (χ1v) is 7.91. The average Bonchev–Trinajstić information content (AvgIpc) is 2.57. The van der Waals surface area contributed by atoms with Crippen LogP contribution in [-0.4, -0.2) is 22.5 Å². The van der Waals surface area contributed by atoms with Gasteiger partial charge in [-0.15, -0.1) is 0 Å². The Morgan fingerprint density at radius 2 is 1.85 bits per heavy atom. The zero-order chi connectivity index (χ0) is 20.2. The van der Waals surface area contributed by atoms with Gasteiger partial charge in [-0.05, 0) is 31.5 Å². The second kappa shape index (κ2) is 8.07. The van der Waals surface area contributed by atoms with Crippen LogP contribution in [0.3, 0.4) is 0 Å². The van der Waals surface area contributed by atoms with Crippen molar-refractivity contribution in [3.8, 4) is 0 Å². The molecule has 2 rings (SSSR count). The number of benzene rings is 1. The molecule has 1 unspecified atom stereocenters. The zero-order valence-electron chi connectivity index (χ0n) is 14.5. The van der Waals surface area contributed by atoms with E-state index in [1.807, 2.05) is 0 Å². The topological polar surface area (TPSA) is 77.4 Å².